The number of aryl methyl sites for hydroxylation is 1. The molecule has 0 aliphatic carbocycles. The molecule has 2 aliphatic heterocycles. The molecule has 1 saturated heterocycles. The summed E-state index contributed by atoms with van der Waals surface area (Å²) in [6.45, 7) is -5.06. The van der Waals surface area contributed by atoms with E-state index in [2.05, 4.69) is 29.9 Å². The molecule has 0 saturated carbocycles. The van der Waals surface area contributed by atoms with Crippen LogP contribution >= 0.6 is 13.4 Å². The second-order valence-corrected chi connectivity index (χ2v) is 15.5. The number of halogens is 1. The van der Waals surface area contributed by atoms with Gasteiger partial charge in [-0.25, -0.2) is 29.3 Å². The van der Waals surface area contributed by atoms with Crippen molar-refractivity contribution in [2.75, 3.05) is 13.2 Å². The number of aromatic amines is 1. The Hall–Kier alpha value is -2.15. The molecule has 4 aromatic rings. The minimum absolute atomic E-state index is 0.00363. The van der Waals surface area contributed by atoms with Crippen LogP contribution in [0.4, 0.5) is 4.39 Å². The van der Waals surface area contributed by atoms with Gasteiger partial charge in [0, 0.05) is 6.54 Å². The maximum absolute atomic E-state index is 16.0. The molecule has 2 aliphatic rings. The molecule has 6 heterocycles. The largest absolute Gasteiger partial charge is 0.346 e. The molecule has 4 aromatic heterocycles. The van der Waals surface area contributed by atoms with Crippen LogP contribution in [0.15, 0.2) is 23.6 Å². The first-order chi connectivity index (χ1) is 19.9. The van der Waals surface area contributed by atoms with Crippen LogP contribution in [0.3, 0.4) is 0 Å². The lowest BCUT2D eigenvalue weighted by Crippen LogP contribution is -2.32. The smallest absolute Gasteiger partial charge is 0.325 e. The minimum Gasteiger partial charge on any atom is -0.346 e. The van der Waals surface area contributed by atoms with Gasteiger partial charge in [0.05, 0.1) is 25.7 Å². The van der Waals surface area contributed by atoms with E-state index in [0.717, 1.165) is 0 Å². The van der Waals surface area contributed by atoms with E-state index in [-0.39, 0.29) is 36.1 Å². The first-order valence-corrected chi connectivity index (χ1v) is 17.7. The van der Waals surface area contributed by atoms with Crippen molar-refractivity contribution in [2.45, 2.75) is 51.6 Å². The third kappa shape index (κ3) is 5.96. The van der Waals surface area contributed by atoms with Crippen LogP contribution in [0.1, 0.15) is 24.8 Å². The van der Waals surface area contributed by atoms with Gasteiger partial charge in [-0.1, -0.05) is 6.92 Å². The van der Waals surface area contributed by atoms with Crippen LogP contribution in [0.5, 0.6) is 0 Å². The molecule has 0 aromatic carbocycles. The summed E-state index contributed by atoms with van der Waals surface area (Å²) >= 11 is 10.4. The molecule has 16 nitrogen and oxygen atoms in total. The summed E-state index contributed by atoms with van der Waals surface area (Å²) in [6.07, 6.45) is -2.08. The summed E-state index contributed by atoms with van der Waals surface area (Å²) in [5.41, 5.74) is 0.506. The molecular formula is C21H25FN8O8P2S2. The van der Waals surface area contributed by atoms with Crippen LogP contribution in [-0.4, -0.2) is 80.4 Å². The van der Waals surface area contributed by atoms with Crippen LogP contribution < -0.4 is 5.56 Å². The third-order valence-corrected chi connectivity index (χ3v) is 9.73. The van der Waals surface area contributed by atoms with Crippen molar-refractivity contribution < 1.29 is 37.0 Å². The maximum atomic E-state index is 16.0. The van der Waals surface area contributed by atoms with Crippen molar-refractivity contribution in [3.63, 3.8) is 0 Å². The quantitative estimate of drug-likeness (QED) is 0.248. The highest BCUT2D eigenvalue weighted by atomic mass is 32.5. The van der Waals surface area contributed by atoms with E-state index in [4.69, 9.17) is 46.4 Å². The number of ether oxygens (including phenoxy) is 1. The van der Waals surface area contributed by atoms with E-state index in [9.17, 15) is 14.6 Å². The molecule has 1 fully saturated rings. The molecule has 6 rings (SSSR count). The monoisotopic (exact) mass is 662 g/mol. The second-order valence-electron chi connectivity index (χ2n) is 9.83. The van der Waals surface area contributed by atoms with E-state index in [0.29, 0.717) is 23.5 Å². The fraction of sp³-hybridized carbons (Fsp3) is 0.524. The molecule has 42 heavy (non-hydrogen) atoms. The third-order valence-electron chi connectivity index (χ3n) is 6.61. The van der Waals surface area contributed by atoms with Crippen LogP contribution in [-0.2, 0) is 59.6 Å². The Balaban J connectivity index is 1.38. The minimum atomic E-state index is -4.15. The zero-order valence-corrected chi connectivity index (χ0v) is 25.4. The number of imidazole rings is 2. The van der Waals surface area contributed by atoms with E-state index < -0.39 is 50.2 Å². The van der Waals surface area contributed by atoms with Crippen molar-refractivity contribution >= 4 is 59.4 Å². The van der Waals surface area contributed by atoms with Crippen LogP contribution in [0, 0.1) is 12.8 Å². The Kier molecular flexibility index (Phi) is 8.12. The summed E-state index contributed by atoms with van der Waals surface area (Å²) in [5.74, 6) is 0.390. The zero-order valence-electron chi connectivity index (χ0n) is 22.0. The number of nitrogens with one attached hydrogen (secondary N) is 1. The zero-order chi connectivity index (χ0) is 29.8. The topological polar surface area (TPSA) is 194 Å². The predicted molar refractivity (Wildman–Crippen MR) is 151 cm³/mol. The number of hydrogen-bond acceptors (Lipinski definition) is 13. The Morgan fingerprint density at radius 3 is 2.71 bits per heavy atom. The molecular weight excluding hydrogens is 637 g/mol. The van der Waals surface area contributed by atoms with Gasteiger partial charge in [0.2, 0.25) is 0 Å². The fourth-order valence-corrected chi connectivity index (χ4v) is 7.27. The number of hydrogen-bond donors (Lipinski definition) is 3. The van der Waals surface area contributed by atoms with E-state index in [1.165, 1.54) is 23.4 Å². The summed E-state index contributed by atoms with van der Waals surface area (Å²) in [5, 5.41) is 0. The average Bonchev–Trinajstić information content (AvgIpc) is 3.59. The van der Waals surface area contributed by atoms with Crippen molar-refractivity contribution in [3.05, 3.63) is 40.9 Å². The molecule has 0 amide bonds. The van der Waals surface area contributed by atoms with Gasteiger partial charge < -0.3 is 37.6 Å². The van der Waals surface area contributed by atoms with Crippen molar-refractivity contribution in [3.8, 4) is 0 Å². The van der Waals surface area contributed by atoms with Crippen molar-refractivity contribution in [1.29, 1.82) is 0 Å². The normalized spacial score (nSPS) is 33.2. The molecule has 3 N–H and O–H groups in total. The van der Waals surface area contributed by atoms with Crippen LogP contribution in [0.25, 0.3) is 22.3 Å². The molecule has 21 heteroatoms. The number of alkyl halides is 1. The highest BCUT2D eigenvalue weighted by Gasteiger charge is 2.50. The number of aromatic nitrogens is 8. The van der Waals surface area contributed by atoms with E-state index in [1.807, 2.05) is 6.92 Å². The van der Waals surface area contributed by atoms with Gasteiger partial charge in [-0.05, 0) is 36.5 Å². The predicted octanol–water partition coefficient (Wildman–Crippen LogP) is 1.52. The summed E-state index contributed by atoms with van der Waals surface area (Å²) in [4.78, 5) is 57.9. The lowest BCUT2D eigenvalue weighted by Gasteiger charge is -2.25. The van der Waals surface area contributed by atoms with Gasteiger partial charge in [-0.15, -0.1) is 0 Å². The van der Waals surface area contributed by atoms with Crippen molar-refractivity contribution in [1.82, 2.24) is 39.0 Å². The molecule has 7 atom stereocenters. The Bertz CT molecular complexity index is 1800. The Labute approximate surface area is 246 Å². The summed E-state index contributed by atoms with van der Waals surface area (Å²) < 4.78 is 47.2. The van der Waals surface area contributed by atoms with E-state index >= 15 is 4.39 Å². The average molecular weight is 663 g/mol. The Morgan fingerprint density at radius 1 is 1.12 bits per heavy atom. The first kappa shape index (κ1) is 29.9. The summed E-state index contributed by atoms with van der Waals surface area (Å²) in [7, 11) is 0. The Morgan fingerprint density at radius 2 is 1.90 bits per heavy atom. The number of fused-ring (bicyclic) bond motifs is 6. The molecule has 2 bridgehead atoms. The van der Waals surface area contributed by atoms with Gasteiger partial charge in [-0.2, -0.15) is 0 Å². The summed E-state index contributed by atoms with van der Waals surface area (Å²) in [6, 6.07) is 0. The lowest BCUT2D eigenvalue weighted by atomic mass is 10.1. The van der Waals surface area contributed by atoms with Gasteiger partial charge >= 0.3 is 13.4 Å². The number of rotatable bonds is 1. The fourth-order valence-electron chi connectivity index (χ4n) is 4.73. The van der Waals surface area contributed by atoms with E-state index in [1.54, 1.807) is 11.5 Å². The molecule has 0 spiro atoms. The standard InChI is InChI=1S/C21H25FN8O8P2S2/c1-10-4-29-14(28-12-3-23-8-24-18(12)29)7-36-40(33,42)38-17-15(22)13(6-35-39(32,41)34-5-10)37-21(17)30-9-25-16-19(30)26-11(2)27-20(16)31/h3,8-10,13,15,17,21H,4-7H2,1-2H3,(H,32,41)(H,33,42)(H,26,27,31)/t10-,13-,15-,17-,21-,39?,40?/m1/s1. The second kappa shape index (κ2) is 11.4. The first-order valence-electron chi connectivity index (χ1n) is 12.6. The SMILES string of the molecule is Cc1nc2c(ncn2[C@@H]2O[C@@H]3COP(O)(=S)OC[C@H](C)Cn4c(nc5cncnc54)COP(O)(=S)O[C@@H]2[C@@H]3F)c(=O)[nH]1. The van der Waals surface area contributed by atoms with Gasteiger partial charge in [0.25, 0.3) is 5.56 Å². The lowest BCUT2D eigenvalue weighted by molar-refractivity contribution is -0.0463. The number of nitrogens with zero attached hydrogens (tertiary/aromatic N) is 7. The molecule has 2 unspecified atom stereocenters. The van der Waals surface area contributed by atoms with Crippen LogP contribution in [0.2, 0.25) is 0 Å². The van der Waals surface area contributed by atoms with Gasteiger partial charge in [0.1, 0.15) is 42.3 Å². The number of H-pyrrole nitrogens is 1. The maximum Gasteiger partial charge on any atom is 0.325 e. The highest BCUT2D eigenvalue weighted by molar-refractivity contribution is 8.07. The highest BCUT2D eigenvalue weighted by Crippen LogP contribution is 2.52. The van der Waals surface area contributed by atoms with Crippen molar-refractivity contribution in [2.24, 2.45) is 5.92 Å². The van der Waals surface area contributed by atoms with Gasteiger partial charge in [0.15, 0.2) is 29.2 Å². The molecule has 226 valence electrons. The van der Waals surface area contributed by atoms with Gasteiger partial charge in [-0.3, -0.25) is 13.9 Å². The molecule has 0 radical (unpaired) electrons.